The molecule has 0 aliphatic rings. The monoisotopic (exact) mass is 2230 g/mol. The van der Waals surface area contributed by atoms with Crippen LogP contribution in [0.5, 0.6) is 0 Å². The number of benzene rings is 1. The van der Waals surface area contributed by atoms with Crippen molar-refractivity contribution in [2.45, 2.75) is 384 Å². The fourth-order valence-corrected chi connectivity index (χ4v) is 20.6. The van der Waals surface area contributed by atoms with Gasteiger partial charge in [0.1, 0.15) is 79.3 Å². The Balaban J connectivity index is 3.82. The fourth-order valence-electron chi connectivity index (χ4n) is 15.0. The van der Waals surface area contributed by atoms with E-state index in [0.717, 1.165) is 189 Å². The summed E-state index contributed by atoms with van der Waals surface area (Å²) < 4.78 is 65.6. The van der Waals surface area contributed by atoms with Crippen molar-refractivity contribution in [3.05, 3.63) is 34.9 Å². The second kappa shape index (κ2) is 97.9. The number of carbonyl (C=O) groups is 15. The molecule has 150 heavy (non-hydrogen) atoms. The van der Waals surface area contributed by atoms with Gasteiger partial charge in [-0.15, -0.1) is 70.6 Å². The topological polar surface area (TPSA) is 413 Å². The molecular weight excluding hydrogens is 2040 g/mol. The van der Waals surface area contributed by atoms with Crippen molar-refractivity contribution in [1.29, 1.82) is 0 Å². The normalized spacial score (nSPS) is 12.5. The summed E-state index contributed by atoms with van der Waals surface area (Å²) in [5.41, 5.74) is -0.463. The molecule has 0 saturated heterocycles. The number of nitrogens with zero attached hydrogens (tertiary/aromatic N) is 3. The average molecular weight is 2240 g/mol. The summed E-state index contributed by atoms with van der Waals surface area (Å²) in [5, 5.41) is 6.04. The van der Waals surface area contributed by atoms with E-state index in [0.29, 0.717) is 0 Å². The van der Waals surface area contributed by atoms with Crippen LogP contribution in [0.4, 0.5) is 0 Å². The second-order valence-electron chi connectivity index (χ2n) is 37.6. The summed E-state index contributed by atoms with van der Waals surface area (Å²) in [7, 11) is 0. The van der Waals surface area contributed by atoms with Crippen molar-refractivity contribution in [2.24, 2.45) is 0 Å². The maximum atomic E-state index is 14.7. The lowest BCUT2D eigenvalue weighted by Crippen LogP contribution is -2.39. The number of unbranched alkanes of at least 4 members (excludes halogenated alkanes) is 30. The Morgan fingerprint density at radius 2 is 0.347 bits per heavy atom. The van der Waals surface area contributed by atoms with Crippen LogP contribution in [0.1, 0.15) is 384 Å². The zero-order valence-corrected chi connectivity index (χ0v) is 98.3. The highest BCUT2D eigenvalue weighted by molar-refractivity contribution is 8.01. The molecule has 0 aromatic heterocycles. The lowest BCUT2D eigenvalue weighted by molar-refractivity contribution is -0.152. The van der Waals surface area contributed by atoms with Crippen LogP contribution >= 0.6 is 70.6 Å². The minimum atomic E-state index is -0.756. The van der Waals surface area contributed by atoms with Gasteiger partial charge < -0.3 is 87.5 Å². The molecule has 39 heteroatoms. The number of esters is 12. The van der Waals surface area contributed by atoms with Crippen molar-refractivity contribution in [2.75, 3.05) is 192 Å². The lowest BCUT2D eigenvalue weighted by atomic mass is 10.0. The van der Waals surface area contributed by atoms with Crippen molar-refractivity contribution < 1.29 is 129 Å². The van der Waals surface area contributed by atoms with Crippen molar-refractivity contribution in [1.82, 2.24) is 30.7 Å². The summed E-state index contributed by atoms with van der Waals surface area (Å²) in [5.74, 6) is -3.76. The average Bonchev–Trinajstić information content (AvgIpc) is 0.822. The van der Waals surface area contributed by atoms with E-state index < -0.39 is 121 Å². The smallest absolute Gasteiger partial charge is 0.318 e. The van der Waals surface area contributed by atoms with Gasteiger partial charge in [-0.3, -0.25) is 71.9 Å². The van der Waals surface area contributed by atoms with Crippen LogP contribution in [-0.2, 0) is 114 Å². The minimum Gasteiger partial charge on any atom is -0.462 e. The van der Waals surface area contributed by atoms with Crippen molar-refractivity contribution >= 4 is 160 Å². The van der Waals surface area contributed by atoms with Gasteiger partial charge in [0, 0.05) is 95.2 Å². The first-order valence-electron chi connectivity index (χ1n) is 56.3. The summed E-state index contributed by atoms with van der Waals surface area (Å²) in [4.78, 5) is 207. The third-order valence-corrected chi connectivity index (χ3v) is 31.7. The van der Waals surface area contributed by atoms with Crippen LogP contribution in [0.15, 0.2) is 18.2 Å². The molecule has 0 aliphatic heterocycles. The van der Waals surface area contributed by atoms with E-state index in [9.17, 15) is 71.9 Å². The van der Waals surface area contributed by atoms with Crippen LogP contribution in [0.2, 0.25) is 0 Å². The fraction of sp³-hybridized carbons (Fsp3) is 0.811. The highest BCUT2D eigenvalue weighted by atomic mass is 32.2. The van der Waals surface area contributed by atoms with E-state index in [2.05, 4.69) is 57.5 Å². The first-order chi connectivity index (χ1) is 72.5. The molecule has 0 fully saturated rings. The predicted molar refractivity (Wildman–Crippen MR) is 604 cm³/mol. The first-order valence-corrected chi connectivity index (χ1v) is 62.6. The predicted octanol–water partition coefficient (Wildman–Crippen LogP) is 19.5. The summed E-state index contributed by atoms with van der Waals surface area (Å²) in [6.45, 7) is 21.2. The molecular formula is C111H192N6O27S6. The Labute approximate surface area is 924 Å². The standard InChI is InChI=1S/C111H192N6O27S6/c1-13-19-25-31-37-43-79-145-88(7)106(127)139-73-67-133-97(118)49-58-115(59-50-98(119)134-68-74-140-107(128)89(8)146-80-44-38-32-26-20-14-2)64-55-112-103(124)94-85-95(104(125)113-56-65-116(60-51-99(120)135-69-75-141-108(129)90(9)147-81-45-39-33-27-21-15-3)61-52-100(121)136-70-76-142-109(130)91(10)148-82-46-40-34-28-22-16-4)87-96(86-94)105(126)114-57-66-117(62-53-101(122)137-71-77-143-110(131)92(11)149-83-47-41-35-29-23-17-5)63-54-102(123)138-72-78-144-111(132)93(12)150-84-48-42-36-30-24-18-6/h85-93H,13-84H2,1-12H3,(H,112,124)(H,113,125)(H,114,126). The maximum Gasteiger partial charge on any atom is 0.318 e. The molecule has 6 atom stereocenters. The molecule has 0 radical (unpaired) electrons. The molecule has 1 aromatic rings. The Hall–Kier alpha value is -6.75. The number of rotatable bonds is 102. The third kappa shape index (κ3) is 81.0. The zero-order chi connectivity index (χ0) is 110. The largest absolute Gasteiger partial charge is 0.462 e. The molecule has 0 heterocycles. The molecule has 6 unspecified atom stereocenters. The molecule has 3 amide bonds. The number of amides is 3. The van der Waals surface area contributed by atoms with Crippen LogP contribution in [-0.4, -0.2) is 328 Å². The highest BCUT2D eigenvalue weighted by Crippen LogP contribution is 2.24. The van der Waals surface area contributed by atoms with E-state index in [1.54, 1.807) is 56.2 Å². The van der Waals surface area contributed by atoms with Crippen LogP contribution in [0.3, 0.4) is 0 Å². The number of thioether (sulfide) groups is 6. The first kappa shape index (κ1) is 141. The van der Waals surface area contributed by atoms with Gasteiger partial charge in [-0.05, 0) is 133 Å². The Morgan fingerprint density at radius 1 is 0.207 bits per heavy atom. The molecule has 0 saturated carbocycles. The molecule has 864 valence electrons. The van der Waals surface area contributed by atoms with Crippen molar-refractivity contribution in [3.63, 3.8) is 0 Å². The lowest BCUT2D eigenvalue weighted by Gasteiger charge is -2.22. The maximum absolute atomic E-state index is 14.7. The van der Waals surface area contributed by atoms with Gasteiger partial charge in [0.05, 0.1) is 70.0 Å². The second-order valence-corrected chi connectivity index (χ2v) is 46.3. The van der Waals surface area contributed by atoms with Crippen molar-refractivity contribution in [3.8, 4) is 0 Å². The SMILES string of the molecule is CCCCCCCCSC(C)C(=O)OCCOC(=O)CCN(CCNC(=O)c1cc(C(=O)NCCN(CCC(=O)OCCOC(=O)C(C)SCCCCCCCC)CCC(=O)OCCOC(=O)C(C)SCCCCCCCC)cc(C(=O)NCCN(CCC(=O)OCCOC(=O)C(C)SCCCCCCCC)CCC(=O)OCCOC(=O)C(C)SCCCCCCCC)c1)CCC(=O)OCCOC(=O)C(C)SCCCCCCCC. The quantitative estimate of drug-likeness (QED) is 0.0310. The van der Waals surface area contributed by atoms with Gasteiger partial charge in [-0.1, -0.05) is 234 Å². The summed E-state index contributed by atoms with van der Waals surface area (Å²) >= 11 is 9.06. The molecule has 33 nitrogen and oxygen atoms in total. The van der Waals surface area contributed by atoms with Crippen LogP contribution in [0, 0.1) is 0 Å². The van der Waals surface area contributed by atoms with Gasteiger partial charge >= 0.3 is 71.6 Å². The number of ether oxygens (including phenoxy) is 12. The minimum absolute atomic E-state index is 0.0127. The van der Waals surface area contributed by atoms with Gasteiger partial charge in [-0.2, -0.15) is 0 Å². The molecule has 0 aliphatic carbocycles. The number of nitrogens with one attached hydrogen (secondary N) is 3. The van der Waals surface area contributed by atoms with E-state index in [1.165, 1.54) is 166 Å². The Bertz CT molecular complexity index is 3230. The van der Waals surface area contributed by atoms with Crippen LogP contribution < -0.4 is 16.0 Å². The van der Waals surface area contributed by atoms with Gasteiger partial charge in [0.15, 0.2) is 0 Å². The number of hydrogen-bond acceptors (Lipinski definition) is 36. The van der Waals surface area contributed by atoms with E-state index in [4.69, 9.17) is 56.8 Å². The van der Waals surface area contributed by atoms with Gasteiger partial charge in [0.2, 0.25) is 0 Å². The summed E-state index contributed by atoms with van der Waals surface area (Å²) in [6, 6.07) is 3.83. The Morgan fingerprint density at radius 3 is 0.500 bits per heavy atom. The zero-order valence-electron chi connectivity index (χ0n) is 93.4. The van der Waals surface area contributed by atoms with Crippen LogP contribution in [0.25, 0.3) is 0 Å². The number of carbonyl (C=O) groups excluding carboxylic acids is 15. The molecule has 3 N–H and O–H groups in total. The third-order valence-electron chi connectivity index (χ3n) is 24.4. The van der Waals surface area contributed by atoms with Gasteiger partial charge in [0.25, 0.3) is 17.7 Å². The number of hydrogen-bond donors (Lipinski definition) is 3. The van der Waals surface area contributed by atoms with Gasteiger partial charge in [-0.25, -0.2) is 0 Å². The highest BCUT2D eigenvalue weighted by Gasteiger charge is 2.26. The molecule has 0 bridgehead atoms. The van der Waals surface area contributed by atoms with E-state index >= 15 is 0 Å². The molecule has 1 rings (SSSR count). The summed E-state index contributed by atoms with van der Waals surface area (Å²) in [6.07, 6.45) is 39.4. The molecule has 1 aromatic carbocycles. The Kier molecular flexibility index (Phi) is 92.2. The van der Waals surface area contributed by atoms with E-state index in [-0.39, 0.29) is 213 Å². The molecule has 0 spiro atoms. The van der Waals surface area contributed by atoms with E-state index in [1.807, 2.05) is 0 Å².